The summed E-state index contributed by atoms with van der Waals surface area (Å²) in [6.45, 7) is 13.1. The van der Waals surface area contributed by atoms with Gasteiger partial charge in [-0.05, 0) is 116 Å². The van der Waals surface area contributed by atoms with Gasteiger partial charge in [0.1, 0.15) is 42.0 Å². The van der Waals surface area contributed by atoms with Crippen molar-refractivity contribution < 1.29 is 63.0 Å². The molecule has 82 heavy (non-hydrogen) atoms. The standard InChI is InChI=1S/C56H103N13O13/c1-9-32(5)13-11-12-14-39(72)28-36(15-21-57)50(76)68-47(34(7)70)45(74)29-37(16-22-58)49(75)64-43-20-26-62-55(81)48(35(8)71)69-54(80)42(19-25-61)65-52(78)41(18-24-60)66-56(82)46(33(6)10-2)67-51(77)38(27-31(3)4)30-44(73)40(17-23-59)63-53(43)79/h31-38,40-43,46-48,70-71H,9-30,57-61H2,1-8H3,(H,62,81)(H,63,79)(H,64,75)(H,65,78)(H,66,82)(H,67,77)(H,68,76)(H,69,80)/t32-,33-,34+,35+,36+,37+,38-,40-,41-,42-,43-,46-,47-,48-/m0/s1. The maximum Gasteiger partial charge on any atom is 0.245 e. The topological polar surface area (TPSA) is 455 Å². The highest BCUT2D eigenvalue weighted by molar-refractivity contribution is 5.99. The zero-order valence-corrected chi connectivity index (χ0v) is 50.0. The van der Waals surface area contributed by atoms with Crippen LogP contribution in [0.1, 0.15) is 158 Å². The molecule has 14 atom stereocenters. The lowest BCUT2D eigenvalue weighted by molar-refractivity contribution is -0.137. The molecule has 26 nitrogen and oxygen atoms in total. The number of Topliss-reactive ketones (excluding diaryl/α,β-unsaturated/α-hetero) is 3. The third-order valence-corrected chi connectivity index (χ3v) is 15.1. The molecule has 1 aliphatic heterocycles. The monoisotopic (exact) mass is 1170 g/mol. The lowest BCUT2D eigenvalue weighted by Crippen LogP contribution is -2.60. The van der Waals surface area contributed by atoms with Crippen molar-refractivity contribution in [3.8, 4) is 0 Å². The van der Waals surface area contributed by atoms with Crippen LogP contribution in [0.5, 0.6) is 0 Å². The number of amides is 8. The van der Waals surface area contributed by atoms with E-state index in [1.54, 1.807) is 13.8 Å². The van der Waals surface area contributed by atoms with E-state index in [4.69, 9.17) is 28.7 Å². The number of nitrogens with one attached hydrogen (secondary N) is 8. The van der Waals surface area contributed by atoms with Crippen LogP contribution in [0.4, 0.5) is 0 Å². The molecule has 0 radical (unpaired) electrons. The van der Waals surface area contributed by atoms with E-state index in [0.717, 1.165) is 19.3 Å². The van der Waals surface area contributed by atoms with E-state index in [1.165, 1.54) is 13.8 Å². The van der Waals surface area contributed by atoms with Crippen molar-refractivity contribution in [2.75, 3.05) is 39.3 Å². The van der Waals surface area contributed by atoms with Crippen molar-refractivity contribution in [3.05, 3.63) is 0 Å². The summed E-state index contributed by atoms with van der Waals surface area (Å²) in [4.78, 5) is 154. The zero-order chi connectivity index (χ0) is 62.2. The predicted octanol–water partition coefficient (Wildman–Crippen LogP) is -2.17. The van der Waals surface area contributed by atoms with Crippen LogP contribution >= 0.6 is 0 Å². The molecule has 26 heteroatoms. The van der Waals surface area contributed by atoms with Crippen molar-refractivity contribution in [1.29, 1.82) is 0 Å². The van der Waals surface area contributed by atoms with E-state index >= 15 is 0 Å². The Balaban J connectivity index is 3.82. The molecule has 1 fully saturated rings. The van der Waals surface area contributed by atoms with Gasteiger partial charge in [0.15, 0.2) is 11.6 Å². The van der Waals surface area contributed by atoms with Crippen LogP contribution in [-0.2, 0) is 52.7 Å². The molecular weight excluding hydrogens is 1060 g/mol. The second-order valence-electron chi connectivity index (χ2n) is 22.6. The molecule has 1 heterocycles. The molecule has 0 aromatic carbocycles. The van der Waals surface area contributed by atoms with E-state index in [2.05, 4.69) is 56.4 Å². The normalized spacial score (nSPS) is 24.0. The summed E-state index contributed by atoms with van der Waals surface area (Å²) in [6, 6.07) is -10.0. The zero-order valence-electron chi connectivity index (χ0n) is 50.0. The first-order chi connectivity index (χ1) is 38.7. The Hall–Kier alpha value is -5.51. The van der Waals surface area contributed by atoms with Gasteiger partial charge >= 0.3 is 0 Å². The number of aliphatic hydroxyl groups excluding tert-OH is 2. The van der Waals surface area contributed by atoms with Gasteiger partial charge in [0.2, 0.25) is 47.3 Å². The van der Waals surface area contributed by atoms with Crippen LogP contribution in [0.3, 0.4) is 0 Å². The van der Waals surface area contributed by atoms with Crippen LogP contribution < -0.4 is 71.2 Å². The van der Waals surface area contributed by atoms with Gasteiger partial charge in [-0.25, -0.2) is 0 Å². The molecule has 0 saturated carbocycles. The first-order valence-electron chi connectivity index (χ1n) is 29.6. The highest BCUT2D eigenvalue weighted by Crippen LogP contribution is 2.22. The minimum absolute atomic E-state index is 0.0613. The Kier molecular flexibility index (Phi) is 36.2. The van der Waals surface area contributed by atoms with E-state index < -0.39 is 163 Å². The molecule has 0 unspecified atom stereocenters. The molecule has 0 aromatic rings. The third-order valence-electron chi connectivity index (χ3n) is 15.1. The summed E-state index contributed by atoms with van der Waals surface area (Å²) in [5, 5.41) is 42.4. The Morgan fingerprint density at radius 2 is 1.13 bits per heavy atom. The third kappa shape index (κ3) is 26.8. The fourth-order valence-corrected chi connectivity index (χ4v) is 9.60. The van der Waals surface area contributed by atoms with Crippen molar-refractivity contribution in [1.82, 2.24) is 42.5 Å². The summed E-state index contributed by atoms with van der Waals surface area (Å²) in [5.74, 6) is -11.5. The molecular formula is C56H103N13O13. The SMILES string of the molecule is CC[C@H](C)CCCCC(=O)C[C@@H](CCN)C(=O)N[C@H](C(=O)C[C@@H](CCN)C(=O)N[C@H]1CCNC(=O)[C@H]([C@@H](C)O)NC(=O)[C@H](CCN)NC(=O)[C@H](CCN)NC(=O)[C@H]([C@@H](C)CC)NC(=O)[C@@H](CC(C)C)CC(=O)[C@H](CCN)NC1=O)[C@@H](C)O. The Morgan fingerprint density at radius 3 is 1.66 bits per heavy atom. The van der Waals surface area contributed by atoms with Gasteiger partial charge in [-0.15, -0.1) is 0 Å². The van der Waals surface area contributed by atoms with E-state index in [-0.39, 0.29) is 95.8 Å². The number of aliphatic hydroxyl groups is 2. The first-order valence-corrected chi connectivity index (χ1v) is 29.6. The summed E-state index contributed by atoms with van der Waals surface area (Å²) < 4.78 is 0. The largest absolute Gasteiger partial charge is 0.391 e. The number of carbonyl (C=O) groups is 11. The quantitative estimate of drug-likeness (QED) is 0.0329. The molecule has 8 amide bonds. The fourth-order valence-electron chi connectivity index (χ4n) is 9.60. The number of hydrogen-bond acceptors (Lipinski definition) is 18. The minimum atomic E-state index is -1.66. The Morgan fingerprint density at radius 1 is 0.598 bits per heavy atom. The van der Waals surface area contributed by atoms with Crippen molar-refractivity contribution >= 4 is 64.6 Å². The van der Waals surface area contributed by atoms with Crippen LogP contribution in [0, 0.1) is 35.5 Å². The smallest absolute Gasteiger partial charge is 0.245 e. The Bertz CT molecular complexity index is 2060. The molecule has 1 aliphatic rings. The minimum Gasteiger partial charge on any atom is -0.391 e. The molecule has 0 bridgehead atoms. The van der Waals surface area contributed by atoms with Crippen LogP contribution in [0.2, 0.25) is 0 Å². The molecule has 20 N–H and O–H groups in total. The number of ketones is 3. The average Bonchev–Trinajstić information content (AvgIpc) is 3.48. The lowest BCUT2D eigenvalue weighted by atomic mass is 9.88. The fraction of sp³-hybridized carbons (Fsp3) is 0.804. The Labute approximate surface area is 484 Å². The number of carbonyl (C=O) groups excluding carboxylic acids is 11. The predicted molar refractivity (Wildman–Crippen MR) is 309 cm³/mol. The summed E-state index contributed by atoms with van der Waals surface area (Å²) in [7, 11) is 0. The van der Waals surface area contributed by atoms with Crippen molar-refractivity contribution in [3.63, 3.8) is 0 Å². The van der Waals surface area contributed by atoms with Gasteiger partial charge in [-0.3, -0.25) is 52.7 Å². The molecule has 470 valence electrons. The molecule has 1 saturated heterocycles. The number of rotatable bonds is 31. The molecule has 1 rings (SSSR count). The maximum absolute atomic E-state index is 14.5. The van der Waals surface area contributed by atoms with E-state index in [9.17, 15) is 63.0 Å². The van der Waals surface area contributed by atoms with Crippen LogP contribution in [-0.4, -0.2) is 169 Å². The molecule has 0 spiro atoms. The van der Waals surface area contributed by atoms with Crippen molar-refractivity contribution in [2.24, 2.45) is 64.2 Å². The van der Waals surface area contributed by atoms with Gasteiger partial charge in [0.25, 0.3) is 0 Å². The van der Waals surface area contributed by atoms with Gasteiger partial charge in [0, 0.05) is 50.0 Å². The summed E-state index contributed by atoms with van der Waals surface area (Å²) >= 11 is 0. The second-order valence-corrected chi connectivity index (χ2v) is 22.6. The number of nitrogens with two attached hydrogens (primary N) is 5. The molecule has 0 aromatic heterocycles. The van der Waals surface area contributed by atoms with Gasteiger partial charge in [0.05, 0.1) is 18.2 Å². The second kappa shape index (κ2) is 39.9. The van der Waals surface area contributed by atoms with Crippen molar-refractivity contribution in [2.45, 2.75) is 213 Å². The van der Waals surface area contributed by atoms with Gasteiger partial charge in [-0.1, -0.05) is 67.2 Å². The summed E-state index contributed by atoms with van der Waals surface area (Å²) in [6.07, 6.45) is -0.607. The van der Waals surface area contributed by atoms with E-state index in [0.29, 0.717) is 18.8 Å². The average molecular weight is 1170 g/mol. The lowest BCUT2D eigenvalue weighted by Gasteiger charge is -2.29. The van der Waals surface area contributed by atoms with Gasteiger partial charge in [-0.2, -0.15) is 0 Å². The highest BCUT2D eigenvalue weighted by atomic mass is 16.3. The summed E-state index contributed by atoms with van der Waals surface area (Å²) in [5.41, 5.74) is 29.4. The number of unbranched alkanes of at least 4 members (excludes halogenated alkanes) is 1. The van der Waals surface area contributed by atoms with E-state index in [1.807, 2.05) is 13.8 Å². The van der Waals surface area contributed by atoms with Crippen LogP contribution in [0.15, 0.2) is 0 Å². The highest BCUT2D eigenvalue weighted by Gasteiger charge is 2.38. The van der Waals surface area contributed by atoms with Crippen LogP contribution in [0.25, 0.3) is 0 Å². The van der Waals surface area contributed by atoms with Gasteiger partial charge < -0.3 is 81.4 Å². The molecule has 0 aliphatic carbocycles. The number of hydrogen-bond donors (Lipinski definition) is 15. The first kappa shape index (κ1) is 74.5. The maximum atomic E-state index is 14.5.